The summed E-state index contributed by atoms with van der Waals surface area (Å²) in [5.74, 6) is 1.86. The van der Waals surface area contributed by atoms with Crippen molar-refractivity contribution in [1.82, 2.24) is 19.9 Å². The lowest BCUT2D eigenvalue weighted by Crippen LogP contribution is -2.44. The van der Waals surface area contributed by atoms with Crippen LogP contribution in [0, 0.1) is 5.82 Å². The average Bonchev–Trinajstić information content (AvgIpc) is 2.86. The highest BCUT2D eigenvalue weighted by Gasteiger charge is 2.18. The summed E-state index contributed by atoms with van der Waals surface area (Å²) >= 11 is 0. The third kappa shape index (κ3) is 5.22. The Morgan fingerprint density at radius 1 is 1.06 bits per heavy atom. The second kappa shape index (κ2) is 9.91. The second-order valence-corrected chi connectivity index (χ2v) is 9.18. The van der Waals surface area contributed by atoms with Gasteiger partial charge in [0.1, 0.15) is 12.4 Å². The molecule has 0 bridgehead atoms. The molecule has 0 spiro atoms. The molecular weight excluding hydrogens is 447 g/mol. The SMILES string of the molecule is CC(C)c1ccc(N2CCN(C)CC2)cc1Nc1ncc(F)c(Nc2ccc3c(n2)NCCO3)n1. The van der Waals surface area contributed by atoms with E-state index in [1.54, 1.807) is 12.1 Å². The number of piperazine rings is 1. The van der Waals surface area contributed by atoms with E-state index in [0.717, 1.165) is 49.3 Å². The highest BCUT2D eigenvalue weighted by Crippen LogP contribution is 2.32. The molecule has 2 aromatic heterocycles. The predicted octanol–water partition coefficient (Wildman–Crippen LogP) is 4.18. The first-order valence-electron chi connectivity index (χ1n) is 12.0. The molecule has 2 aliphatic heterocycles. The molecule has 0 atom stereocenters. The van der Waals surface area contributed by atoms with Gasteiger partial charge in [-0.1, -0.05) is 19.9 Å². The van der Waals surface area contributed by atoms with Crippen LogP contribution in [0.4, 0.5) is 39.2 Å². The van der Waals surface area contributed by atoms with Crippen LogP contribution in [0.3, 0.4) is 0 Å². The molecule has 0 aliphatic carbocycles. The summed E-state index contributed by atoms with van der Waals surface area (Å²) in [6.45, 7) is 9.57. The zero-order valence-electron chi connectivity index (χ0n) is 20.3. The molecule has 1 fully saturated rings. The van der Waals surface area contributed by atoms with Crippen molar-refractivity contribution in [2.24, 2.45) is 0 Å². The van der Waals surface area contributed by atoms with Gasteiger partial charge in [0, 0.05) is 37.6 Å². The first kappa shape index (κ1) is 23.1. The number of nitrogens with zero attached hydrogens (tertiary/aromatic N) is 5. The number of fused-ring (bicyclic) bond motifs is 1. The Morgan fingerprint density at radius 3 is 2.69 bits per heavy atom. The summed E-state index contributed by atoms with van der Waals surface area (Å²) in [7, 11) is 2.15. The van der Waals surface area contributed by atoms with Crippen LogP contribution in [0.25, 0.3) is 0 Å². The Labute approximate surface area is 204 Å². The number of likely N-dealkylation sites (N-methyl/N-ethyl adjacent to an activating group) is 1. The van der Waals surface area contributed by atoms with Crippen LogP contribution in [-0.2, 0) is 0 Å². The fourth-order valence-electron chi connectivity index (χ4n) is 4.26. The molecule has 0 unspecified atom stereocenters. The van der Waals surface area contributed by atoms with Crippen LogP contribution in [0.5, 0.6) is 5.75 Å². The lowest BCUT2D eigenvalue weighted by molar-refractivity contribution is 0.313. The molecule has 184 valence electrons. The molecule has 35 heavy (non-hydrogen) atoms. The molecule has 4 heterocycles. The third-order valence-corrected chi connectivity index (χ3v) is 6.27. The van der Waals surface area contributed by atoms with Gasteiger partial charge in [-0.3, -0.25) is 0 Å². The molecule has 1 aromatic carbocycles. The summed E-state index contributed by atoms with van der Waals surface area (Å²) in [5.41, 5.74) is 3.22. The van der Waals surface area contributed by atoms with E-state index in [1.165, 1.54) is 0 Å². The zero-order valence-corrected chi connectivity index (χ0v) is 20.3. The maximum Gasteiger partial charge on any atom is 0.229 e. The van der Waals surface area contributed by atoms with Gasteiger partial charge in [0.15, 0.2) is 23.2 Å². The Morgan fingerprint density at radius 2 is 1.89 bits per heavy atom. The number of nitrogens with one attached hydrogen (secondary N) is 3. The standard InChI is InChI=1S/C25H31FN8O/c1-16(2)18-5-4-17(34-11-9-33(3)10-12-34)14-20(18)29-25-28-15-19(26)23(32-25)30-22-7-6-21-24(31-22)27-8-13-35-21/h4-7,14-16H,8-13H2,1-3H3,(H3,27,28,29,30,31,32). The van der Waals surface area contributed by atoms with Crippen molar-refractivity contribution in [3.05, 3.63) is 47.9 Å². The molecule has 3 aromatic rings. The zero-order chi connectivity index (χ0) is 24.4. The Bertz CT molecular complexity index is 1200. The van der Waals surface area contributed by atoms with E-state index >= 15 is 0 Å². The highest BCUT2D eigenvalue weighted by atomic mass is 19.1. The monoisotopic (exact) mass is 478 g/mol. The molecule has 5 rings (SSSR count). The number of aromatic nitrogens is 3. The Hall–Kier alpha value is -3.66. The van der Waals surface area contributed by atoms with Gasteiger partial charge in [0.05, 0.1) is 12.7 Å². The van der Waals surface area contributed by atoms with E-state index in [9.17, 15) is 4.39 Å². The fraction of sp³-hybridized carbons (Fsp3) is 0.400. The van der Waals surface area contributed by atoms with Gasteiger partial charge in [-0.25, -0.2) is 14.4 Å². The maximum atomic E-state index is 14.6. The Balaban J connectivity index is 1.39. The number of benzene rings is 1. The number of anilines is 6. The number of pyridine rings is 1. The number of rotatable bonds is 6. The van der Waals surface area contributed by atoms with Crippen LogP contribution in [-0.4, -0.2) is 66.2 Å². The van der Waals surface area contributed by atoms with E-state index in [1.807, 2.05) is 0 Å². The number of hydrogen-bond acceptors (Lipinski definition) is 9. The summed E-state index contributed by atoms with van der Waals surface area (Å²) in [6, 6.07) is 9.99. The van der Waals surface area contributed by atoms with E-state index in [4.69, 9.17) is 4.74 Å². The van der Waals surface area contributed by atoms with Crippen LogP contribution in [0.15, 0.2) is 36.5 Å². The minimum Gasteiger partial charge on any atom is -0.488 e. The molecule has 0 saturated carbocycles. The van der Waals surface area contributed by atoms with Crippen molar-refractivity contribution in [2.75, 3.05) is 67.2 Å². The predicted molar refractivity (Wildman–Crippen MR) is 137 cm³/mol. The van der Waals surface area contributed by atoms with Gasteiger partial charge in [-0.15, -0.1) is 0 Å². The normalized spacial score (nSPS) is 15.9. The number of hydrogen-bond donors (Lipinski definition) is 3. The Kier molecular flexibility index (Phi) is 6.54. The molecule has 2 aliphatic rings. The molecular formula is C25H31FN8O. The molecule has 1 saturated heterocycles. The van der Waals surface area contributed by atoms with Crippen LogP contribution in [0.2, 0.25) is 0 Å². The number of ether oxygens (including phenoxy) is 1. The fourth-order valence-corrected chi connectivity index (χ4v) is 4.26. The van der Waals surface area contributed by atoms with Crippen LogP contribution >= 0.6 is 0 Å². The lowest BCUT2D eigenvalue weighted by atomic mass is 10.00. The topological polar surface area (TPSA) is 90.5 Å². The van der Waals surface area contributed by atoms with Crippen molar-refractivity contribution in [3.63, 3.8) is 0 Å². The quantitative estimate of drug-likeness (QED) is 0.483. The molecule has 10 heteroatoms. The van der Waals surface area contributed by atoms with Gasteiger partial charge < -0.3 is 30.5 Å². The van der Waals surface area contributed by atoms with E-state index in [0.29, 0.717) is 42.4 Å². The van der Waals surface area contributed by atoms with E-state index in [-0.39, 0.29) is 5.82 Å². The minimum atomic E-state index is -0.561. The van der Waals surface area contributed by atoms with Crippen molar-refractivity contribution >= 4 is 34.8 Å². The lowest BCUT2D eigenvalue weighted by Gasteiger charge is -2.34. The minimum absolute atomic E-state index is 0.0491. The smallest absolute Gasteiger partial charge is 0.229 e. The van der Waals surface area contributed by atoms with Gasteiger partial charge in [0.2, 0.25) is 5.95 Å². The van der Waals surface area contributed by atoms with Crippen LogP contribution in [0.1, 0.15) is 25.3 Å². The summed E-state index contributed by atoms with van der Waals surface area (Å²) < 4.78 is 20.1. The van der Waals surface area contributed by atoms with E-state index in [2.05, 4.69) is 79.8 Å². The first-order chi connectivity index (χ1) is 17.0. The molecule has 3 N–H and O–H groups in total. The van der Waals surface area contributed by atoms with E-state index < -0.39 is 5.82 Å². The molecule has 0 amide bonds. The van der Waals surface area contributed by atoms with Crippen molar-refractivity contribution in [1.29, 1.82) is 0 Å². The van der Waals surface area contributed by atoms with Crippen LogP contribution < -0.4 is 25.6 Å². The largest absolute Gasteiger partial charge is 0.488 e. The van der Waals surface area contributed by atoms with Crippen molar-refractivity contribution in [3.8, 4) is 5.75 Å². The number of halogens is 1. The molecule has 9 nitrogen and oxygen atoms in total. The first-order valence-corrected chi connectivity index (χ1v) is 12.0. The van der Waals surface area contributed by atoms with Gasteiger partial charge in [0.25, 0.3) is 0 Å². The van der Waals surface area contributed by atoms with Gasteiger partial charge in [-0.2, -0.15) is 4.98 Å². The summed E-state index contributed by atoms with van der Waals surface area (Å²) in [5, 5.41) is 9.47. The van der Waals surface area contributed by atoms with Gasteiger partial charge >= 0.3 is 0 Å². The average molecular weight is 479 g/mol. The van der Waals surface area contributed by atoms with Crippen molar-refractivity contribution < 1.29 is 9.13 Å². The summed E-state index contributed by atoms with van der Waals surface area (Å²) in [6.07, 6.45) is 1.16. The summed E-state index contributed by atoms with van der Waals surface area (Å²) in [4.78, 5) is 17.8. The third-order valence-electron chi connectivity index (χ3n) is 6.27. The molecule has 0 radical (unpaired) electrons. The van der Waals surface area contributed by atoms with Gasteiger partial charge in [-0.05, 0) is 42.8 Å². The van der Waals surface area contributed by atoms with Crippen molar-refractivity contribution in [2.45, 2.75) is 19.8 Å². The maximum absolute atomic E-state index is 14.6. The highest BCUT2D eigenvalue weighted by molar-refractivity contribution is 5.68. The second-order valence-electron chi connectivity index (χ2n) is 9.18.